The Morgan fingerprint density at radius 1 is 0.929 bits per heavy atom. The molecule has 2 aliphatic heterocycles. The van der Waals surface area contributed by atoms with E-state index in [1.54, 1.807) is 0 Å². The van der Waals surface area contributed by atoms with Gasteiger partial charge in [-0.15, -0.1) is 0 Å². The predicted molar refractivity (Wildman–Crippen MR) is 97.3 cm³/mol. The first kappa shape index (κ1) is 19.4. The molecule has 0 spiro atoms. The minimum absolute atomic E-state index is 0.0790. The van der Waals surface area contributed by atoms with Crippen molar-refractivity contribution in [2.75, 3.05) is 0 Å². The highest BCUT2D eigenvalue weighted by atomic mass is 16.6. The number of esters is 2. The van der Waals surface area contributed by atoms with Crippen LogP contribution in [0.1, 0.15) is 64.7 Å². The van der Waals surface area contributed by atoms with Crippen molar-refractivity contribution in [1.29, 1.82) is 0 Å². The van der Waals surface area contributed by atoms with Crippen LogP contribution in [0, 0.1) is 11.8 Å². The average Bonchev–Trinajstić information content (AvgIpc) is 3.37. The Hall–Kier alpha value is -1.89. The molecule has 0 amide bonds. The molecule has 2 saturated carbocycles. The molecule has 4 atom stereocenters. The molecule has 2 aliphatic carbocycles. The van der Waals surface area contributed by atoms with E-state index in [9.17, 15) is 14.4 Å². The number of ether oxygens (including phenoxy) is 3. The van der Waals surface area contributed by atoms with E-state index in [2.05, 4.69) is 0 Å². The summed E-state index contributed by atoms with van der Waals surface area (Å²) in [6.45, 7) is 1.44. The molecular weight excluding hydrogens is 364 g/mol. The molecule has 7 nitrogen and oxygen atoms in total. The summed E-state index contributed by atoms with van der Waals surface area (Å²) in [4.78, 5) is 35.2. The summed E-state index contributed by atoms with van der Waals surface area (Å²) in [5, 5.41) is 8.98. The van der Waals surface area contributed by atoms with E-state index in [4.69, 9.17) is 19.3 Å². The quantitative estimate of drug-likeness (QED) is 0.421. The van der Waals surface area contributed by atoms with Crippen LogP contribution in [-0.4, -0.2) is 46.4 Å². The van der Waals surface area contributed by atoms with Gasteiger partial charge in [0.2, 0.25) is 0 Å². The van der Waals surface area contributed by atoms with Crippen LogP contribution in [0.15, 0.2) is 12.2 Å². The fourth-order valence-corrected chi connectivity index (χ4v) is 6.19. The van der Waals surface area contributed by atoms with Gasteiger partial charge in [0, 0.05) is 18.8 Å². The van der Waals surface area contributed by atoms with Gasteiger partial charge in [0.25, 0.3) is 0 Å². The van der Waals surface area contributed by atoms with Crippen LogP contribution < -0.4 is 0 Å². The third-order valence-corrected chi connectivity index (χ3v) is 6.97. The van der Waals surface area contributed by atoms with E-state index in [1.165, 1.54) is 6.92 Å². The van der Waals surface area contributed by atoms with E-state index in [1.807, 2.05) is 12.2 Å². The van der Waals surface area contributed by atoms with Crippen LogP contribution in [0.25, 0.3) is 0 Å². The van der Waals surface area contributed by atoms with Crippen LogP contribution in [-0.2, 0) is 28.6 Å². The SMILES string of the molecule is CC(=O)OC1(C2C3C=CC(O3)C2C2(OC(=O)CC(=O)O)CCCC2)CCCC1. The number of rotatable bonds is 6. The Morgan fingerprint density at radius 3 is 1.82 bits per heavy atom. The molecule has 4 aliphatic rings. The van der Waals surface area contributed by atoms with Gasteiger partial charge in [-0.1, -0.05) is 12.2 Å². The van der Waals surface area contributed by atoms with Gasteiger partial charge in [0.05, 0.1) is 12.2 Å². The number of carbonyl (C=O) groups is 3. The fraction of sp³-hybridized carbons (Fsp3) is 0.762. The van der Waals surface area contributed by atoms with Crippen molar-refractivity contribution in [3.05, 3.63) is 12.2 Å². The zero-order valence-corrected chi connectivity index (χ0v) is 16.2. The largest absolute Gasteiger partial charge is 0.481 e. The van der Waals surface area contributed by atoms with Crippen molar-refractivity contribution < 1.29 is 33.7 Å². The highest BCUT2D eigenvalue weighted by Crippen LogP contribution is 2.58. The van der Waals surface area contributed by atoms with E-state index >= 15 is 0 Å². The standard InChI is InChI=1S/C21H28O7/c1-13(22)27-20(8-2-3-9-20)18-14-6-7-15(26-14)19(18)21(10-4-5-11-21)28-17(25)12-16(23)24/h6-7,14-15,18-19H,2-5,8-12H2,1H3,(H,23,24). The number of hydrogen-bond donors (Lipinski definition) is 1. The lowest BCUT2D eigenvalue weighted by Gasteiger charge is -2.46. The average molecular weight is 392 g/mol. The van der Waals surface area contributed by atoms with Crippen LogP contribution in [0.3, 0.4) is 0 Å². The first-order chi connectivity index (χ1) is 13.4. The summed E-state index contributed by atoms with van der Waals surface area (Å²) < 4.78 is 18.1. The summed E-state index contributed by atoms with van der Waals surface area (Å²) in [6, 6.07) is 0. The van der Waals surface area contributed by atoms with E-state index in [-0.39, 0.29) is 30.0 Å². The molecule has 0 aromatic rings. The third kappa shape index (κ3) is 3.23. The Labute approximate surface area is 164 Å². The zero-order chi connectivity index (χ0) is 19.9. The molecule has 154 valence electrons. The van der Waals surface area contributed by atoms with Gasteiger partial charge in [-0.05, 0) is 51.4 Å². The van der Waals surface area contributed by atoms with Crippen LogP contribution in [0.4, 0.5) is 0 Å². The van der Waals surface area contributed by atoms with E-state index in [0.29, 0.717) is 12.8 Å². The van der Waals surface area contributed by atoms with Crippen molar-refractivity contribution in [2.45, 2.75) is 88.1 Å². The molecule has 4 rings (SSSR count). The normalized spacial score (nSPS) is 34.5. The molecular formula is C21H28O7. The summed E-state index contributed by atoms with van der Waals surface area (Å²) >= 11 is 0. The summed E-state index contributed by atoms with van der Waals surface area (Å²) in [6.07, 6.45) is 9.83. The Kier molecular flexibility index (Phi) is 4.98. The van der Waals surface area contributed by atoms with Crippen molar-refractivity contribution >= 4 is 17.9 Å². The first-order valence-electron chi connectivity index (χ1n) is 10.3. The third-order valence-electron chi connectivity index (χ3n) is 6.97. The lowest BCUT2D eigenvalue weighted by Crippen LogP contribution is -2.55. The first-order valence-corrected chi connectivity index (χ1v) is 10.3. The van der Waals surface area contributed by atoms with Crippen LogP contribution in [0.5, 0.6) is 0 Å². The number of carboxylic acid groups (broad SMARTS) is 1. The molecule has 0 radical (unpaired) electrons. The zero-order valence-electron chi connectivity index (χ0n) is 16.2. The molecule has 3 fully saturated rings. The van der Waals surface area contributed by atoms with Crippen molar-refractivity contribution in [3.63, 3.8) is 0 Å². The Bertz CT molecular complexity index is 685. The molecule has 0 aromatic carbocycles. The number of aliphatic carboxylic acids is 1. The maximum absolute atomic E-state index is 12.3. The van der Waals surface area contributed by atoms with Gasteiger partial charge in [-0.2, -0.15) is 0 Å². The van der Waals surface area contributed by atoms with Gasteiger partial charge in [0.1, 0.15) is 17.6 Å². The molecule has 7 heteroatoms. The molecule has 2 heterocycles. The predicted octanol–water partition coefficient (Wildman–Crippen LogP) is 2.76. The highest BCUT2D eigenvalue weighted by molar-refractivity contribution is 5.90. The number of carboxylic acids is 1. The maximum Gasteiger partial charge on any atom is 0.317 e. The van der Waals surface area contributed by atoms with Gasteiger partial charge < -0.3 is 19.3 Å². The topological polar surface area (TPSA) is 99.1 Å². The lowest BCUT2D eigenvalue weighted by atomic mass is 9.64. The second-order valence-corrected chi connectivity index (χ2v) is 8.68. The maximum atomic E-state index is 12.3. The Morgan fingerprint density at radius 2 is 1.39 bits per heavy atom. The molecule has 0 aromatic heterocycles. The van der Waals surface area contributed by atoms with Gasteiger partial charge in [-0.3, -0.25) is 14.4 Å². The fourth-order valence-electron chi connectivity index (χ4n) is 6.19. The van der Waals surface area contributed by atoms with E-state index < -0.39 is 29.6 Å². The van der Waals surface area contributed by atoms with Gasteiger partial charge >= 0.3 is 17.9 Å². The number of hydrogen-bond acceptors (Lipinski definition) is 6. The van der Waals surface area contributed by atoms with Crippen molar-refractivity contribution in [2.24, 2.45) is 11.8 Å². The summed E-state index contributed by atoms with van der Waals surface area (Å²) in [5.41, 5.74) is -1.35. The monoisotopic (exact) mass is 392 g/mol. The second-order valence-electron chi connectivity index (χ2n) is 8.68. The minimum atomic E-state index is -1.19. The van der Waals surface area contributed by atoms with Crippen molar-refractivity contribution in [1.82, 2.24) is 0 Å². The summed E-state index contributed by atoms with van der Waals surface area (Å²) in [5.74, 6) is -2.39. The van der Waals surface area contributed by atoms with Gasteiger partial charge in [0.15, 0.2) is 0 Å². The highest BCUT2D eigenvalue weighted by Gasteiger charge is 2.65. The summed E-state index contributed by atoms with van der Waals surface area (Å²) in [7, 11) is 0. The molecule has 1 saturated heterocycles. The van der Waals surface area contributed by atoms with Gasteiger partial charge in [-0.25, -0.2) is 0 Å². The molecule has 1 N–H and O–H groups in total. The van der Waals surface area contributed by atoms with Crippen molar-refractivity contribution in [3.8, 4) is 0 Å². The number of carbonyl (C=O) groups excluding carboxylic acids is 2. The molecule has 28 heavy (non-hydrogen) atoms. The van der Waals surface area contributed by atoms with Crippen LogP contribution >= 0.6 is 0 Å². The smallest absolute Gasteiger partial charge is 0.317 e. The second kappa shape index (κ2) is 7.17. The minimum Gasteiger partial charge on any atom is -0.481 e. The van der Waals surface area contributed by atoms with Crippen LogP contribution in [0.2, 0.25) is 0 Å². The lowest BCUT2D eigenvalue weighted by molar-refractivity contribution is -0.185. The molecule has 2 bridgehead atoms. The number of fused-ring (bicyclic) bond motifs is 2. The molecule has 4 unspecified atom stereocenters. The Balaban J connectivity index is 1.68. The van der Waals surface area contributed by atoms with E-state index in [0.717, 1.165) is 38.5 Å².